The van der Waals surface area contributed by atoms with Crippen molar-refractivity contribution in [1.29, 1.82) is 0 Å². The van der Waals surface area contributed by atoms with E-state index in [-0.39, 0.29) is 5.57 Å². The van der Waals surface area contributed by atoms with E-state index in [9.17, 15) is 22.0 Å². The Kier molecular flexibility index (Phi) is 9.41. The number of rotatable bonds is 7. The van der Waals surface area contributed by atoms with Crippen LogP contribution in [-0.4, -0.2) is 30.8 Å². The Morgan fingerprint density at radius 1 is 0.879 bits per heavy atom. The van der Waals surface area contributed by atoms with Crippen molar-refractivity contribution in [2.24, 2.45) is 0 Å². The molecule has 0 atom stereocenters. The van der Waals surface area contributed by atoms with Crippen molar-refractivity contribution >= 4 is 39.9 Å². The maximum atomic E-state index is 12.4. The number of benzene rings is 3. The molecule has 0 heterocycles. The average molecular weight is 492 g/mol. The second kappa shape index (κ2) is 11.8. The molecule has 33 heavy (non-hydrogen) atoms. The number of ether oxygens (including phenoxy) is 1. The van der Waals surface area contributed by atoms with Crippen LogP contribution in [0.5, 0.6) is 0 Å². The summed E-state index contributed by atoms with van der Waals surface area (Å²) >= 11 is 0. The third-order valence-electron chi connectivity index (χ3n) is 4.14. The van der Waals surface area contributed by atoms with E-state index in [0.717, 1.165) is 0 Å². The van der Waals surface area contributed by atoms with Gasteiger partial charge >= 0.3 is 21.3 Å². The monoisotopic (exact) mass is 492 g/mol. The predicted octanol–water partition coefficient (Wildman–Crippen LogP) is 4.03. The summed E-state index contributed by atoms with van der Waals surface area (Å²) in [4.78, 5) is 10.6. The van der Waals surface area contributed by atoms with E-state index in [4.69, 9.17) is 4.55 Å². The van der Waals surface area contributed by atoms with Crippen LogP contribution >= 0.6 is 7.92 Å². The molecule has 3 rings (SSSR count). The predicted molar refractivity (Wildman–Crippen MR) is 127 cm³/mol. The van der Waals surface area contributed by atoms with Crippen molar-refractivity contribution in [2.45, 2.75) is 12.2 Å². The van der Waals surface area contributed by atoms with Crippen molar-refractivity contribution in [3.05, 3.63) is 103 Å². The number of halogens is 2. The SMILES string of the molecule is C=C(C)C(=O)OCC(F)(F)S(=O)(=O)O.c1ccc(P(c2ccccc2)c2ccccc2)cc1. The van der Waals surface area contributed by atoms with E-state index < -0.39 is 35.9 Å². The molecule has 5 nitrogen and oxygen atoms in total. The lowest BCUT2D eigenvalue weighted by atomic mass is 10.4. The lowest BCUT2D eigenvalue weighted by molar-refractivity contribution is -0.144. The van der Waals surface area contributed by atoms with Gasteiger partial charge in [-0.15, -0.1) is 0 Å². The van der Waals surface area contributed by atoms with Gasteiger partial charge in [0.15, 0.2) is 6.61 Å². The summed E-state index contributed by atoms with van der Waals surface area (Å²) in [5, 5.41) is -0.308. The molecule has 0 aliphatic carbocycles. The number of esters is 1. The molecule has 0 aromatic heterocycles. The average Bonchev–Trinajstić information content (AvgIpc) is 2.79. The molecule has 0 radical (unpaired) electrons. The normalized spacial score (nSPS) is 11.3. The summed E-state index contributed by atoms with van der Waals surface area (Å²) < 4.78 is 56.7. The van der Waals surface area contributed by atoms with Gasteiger partial charge in [-0.05, 0) is 30.8 Å². The molecular formula is C24H23F2O5PS. The summed E-state index contributed by atoms with van der Waals surface area (Å²) in [5.74, 6) is -1.16. The van der Waals surface area contributed by atoms with E-state index in [1.54, 1.807) is 0 Å². The lowest BCUT2D eigenvalue weighted by Crippen LogP contribution is -2.34. The summed E-state index contributed by atoms with van der Waals surface area (Å²) in [6, 6.07) is 32.3. The molecule has 0 saturated carbocycles. The van der Waals surface area contributed by atoms with Gasteiger partial charge in [-0.2, -0.15) is 17.2 Å². The molecule has 0 saturated heterocycles. The lowest BCUT2D eigenvalue weighted by Gasteiger charge is -2.18. The first-order valence-corrected chi connectivity index (χ1v) is 12.4. The smallest absolute Gasteiger partial charge is 0.402 e. The molecule has 3 aromatic carbocycles. The third kappa shape index (κ3) is 7.86. The van der Waals surface area contributed by atoms with Crippen LogP contribution in [0.4, 0.5) is 8.78 Å². The maximum Gasteiger partial charge on any atom is 0.402 e. The number of carbonyl (C=O) groups excluding carboxylic acids is 1. The van der Waals surface area contributed by atoms with Gasteiger partial charge in [0.25, 0.3) is 0 Å². The van der Waals surface area contributed by atoms with Gasteiger partial charge in [0.05, 0.1) is 0 Å². The molecule has 9 heteroatoms. The van der Waals surface area contributed by atoms with Crippen LogP contribution in [0.2, 0.25) is 0 Å². The van der Waals surface area contributed by atoms with Gasteiger partial charge in [-0.1, -0.05) is 97.6 Å². The molecule has 174 valence electrons. The Morgan fingerprint density at radius 2 is 1.21 bits per heavy atom. The zero-order chi connectivity index (χ0) is 24.5. The topological polar surface area (TPSA) is 80.7 Å². The highest BCUT2D eigenvalue weighted by Gasteiger charge is 2.45. The van der Waals surface area contributed by atoms with E-state index >= 15 is 0 Å². The van der Waals surface area contributed by atoms with Gasteiger partial charge in [0.2, 0.25) is 0 Å². The van der Waals surface area contributed by atoms with Crippen LogP contribution < -0.4 is 15.9 Å². The van der Waals surface area contributed by atoms with E-state index in [1.165, 1.54) is 22.8 Å². The Morgan fingerprint density at radius 3 is 1.48 bits per heavy atom. The van der Waals surface area contributed by atoms with Crippen molar-refractivity contribution < 1.29 is 31.3 Å². The van der Waals surface area contributed by atoms with Crippen LogP contribution in [0, 0.1) is 0 Å². The minimum absolute atomic E-state index is 0.156. The number of hydrogen-bond acceptors (Lipinski definition) is 4. The first kappa shape index (κ1) is 26.3. The first-order valence-electron chi connectivity index (χ1n) is 9.65. The van der Waals surface area contributed by atoms with Crippen LogP contribution in [0.3, 0.4) is 0 Å². The molecule has 0 aliphatic rings. The first-order chi connectivity index (χ1) is 15.5. The second-order valence-electron chi connectivity index (χ2n) is 6.81. The molecule has 3 aromatic rings. The second-order valence-corrected chi connectivity index (χ2v) is 10.6. The van der Waals surface area contributed by atoms with Crippen LogP contribution in [0.25, 0.3) is 0 Å². The molecule has 0 fully saturated rings. The fourth-order valence-electron chi connectivity index (χ4n) is 2.53. The molecule has 1 N–H and O–H groups in total. The summed E-state index contributed by atoms with van der Waals surface area (Å²) in [7, 11) is -6.01. The van der Waals surface area contributed by atoms with Gasteiger partial charge in [0, 0.05) is 5.57 Å². The van der Waals surface area contributed by atoms with Crippen molar-refractivity contribution in [2.75, 3.05) is 6.61 Å². The Bertz CT molecular complexity index is 1060. The molecule has 0 amide bonds. The number of carbonyl (C=O) groups is 1. The molecule has 0 aliphatic heterocycles. The van der Waals surface area contributed by atoms with Crippen LogP contribution in [0.15, 0.2) is 103 Å². The van der Waals surface area contributed by atoms with Crippen molar-refractivity contribution in [1.82, 2.24) is 0 Å². The largest absolute Gasteiger partial charge is 0.455 e. The molecule has 0 bridgehead atoms. The van der Waals surface area contributed by atoms with Gasteiger partial charge in [-0.25, -0.2) is 4.79 Å². The number of hydrogen-bond donors (Lipinski definition) is 1. The quantitative estimate of drug-likeness (QED) is 0.233. The van der Waals surface area contributed by atoms with Crippen molar-refractivity contribution in [3.8, 4) is 0 Å². The highest BCUT2D eigenvalue weighted by Crippen LogP contribution is 2.32. The zero-order valence-corrected chi connectivity index (χ0v) is 19.5. The van der Waals surface area contributed by atoms with E-state index in [0.29, 0.717) is 0 Å². The zero-order valence-electron chi connectivity index (χ0n) is 17.8. The summed E-state index contributed by atoms with van der Waals surface area (Å²) in [6.45, 7) is 2.55. The van der Waals surface area contributed by atoms with Gasteiger partial charge < -0.3 is 4.74 Å². The third-order valence-corrected chi connectivity index (χ3v) is 7.46. The fourth-order valence-corrected chi connectivity index (χ4v) is 5.04. The number of alkyl halides is 2. The Balaban J connectivity index is 0.000000248. The molecule has 0 spiro atoms. The Labute approximate surface area is 193 Å². The molecular weight excluding hydrogens is 469 g/mol. The van der Waals surface area contributed by atoms with E-state index in [2.05, 4.69) is 102 Å². The van der Waals surface area contributed by atoms with Crippen molar-refractivity contribution in [3.63, 3.8) is 0 Å². The summed E-state index contributed by atoms with van der Waals surface area (Å²) in [6.07, 6.45) is 0. The highest BCUT2D eigenvalue weighted by molar-refractivity contribution is 7.86. The minimum Gasteiger partial charge on any atom is -0.455 e. The van der Waals surface area contributed by atoms with Gasteiger partial charge in [-0.3, -0.25) is 4.55 Å². The standard InChI is InChI=1S/C18H15P.C6H8F2O5S/c1-4-10-16(11-5-1)19(17-12-6-2-7-13-17)18-14-8-3-9-15-18;1-4(2)5(9)13-3-6(7,8)14(10,11)12/h1-15H;1,3H2,2H3,(H,10,11,12). The van der Waals surface area contributed by atoms with Crippen LogP contribution in [0.1, 0.15) is 6.92 Å². The maximum absolute atomic E-state index is 12.4. The minimum atomic E-state index is -5.56. The van der Waals surface area contributed by atoms with E-state index in [1.807, 2.05) is 0 Å². The van der Waals surface area contributed by atoms with Crippen LogP contribution in [-0.2, 0) is 19.6 Å². The fraction of sp³-hybridized carbons (Fsp3) is 0.125. The Hall–Kier alpha value is -2.93. The molecule has 0 unspecified atom stereocenters. The highest BCUT2D eigenvalue weighted by atomic mass is 32.2. The van der Waals surface area contributed by atoms with Gasteiger partial charge in [0.1, 0.15) is 0 Å². The summed E-state index contributed by atoms with van der Waals surface area (Å²) in [5.41, 5.74) is -0.156.